The topological polar surface area (TPSA) is 256 Å². The number of hydrogen-bond donors (Lipinski definition) is 5. The minimum absolute atomic E-state index is 0.0801. The predicted octanol–water partition coefficient (Wildman–Crippen LogP) is 6.01. The molecule has 0 aromatic heterocycles. The average Bonchev–Trinajstić information content (AvgIpc) is 3.37. The highest BCUT2D eigenvalue weighted by molar-refractivity contribution is 6.26. The largest absolute Gasteiger partial charge is 0.481 e. The Morgan fingerprint density at radius 1 is 0.768 bits per heavy atom. The zero-order chi connectivity index (χ0) is 43.8. The summed E-state index contributed by atoms with van der Waals surface area (Å²) < 4.78 is 11.3. The number of carboxylic acid groups (broad SMARTS) is 4. The Kier molecular flexibility index (Phi) is 20.9. The maximum absolute atomic E-state index is 13.9. The fourth-order valence-electron chi connectivity index (χ4n) is 8.01. The first-order chi connectivity index (χ1) is 25.9. The third-order valence-electron chi connectivity index (χ3n) is 11.0. The molecule has 1 unspecified atom stereocenters. The second-order valence-corrected chi connectivity index (χ2v) is 15.0. The van der Waals surface area contributed by atoms with Gasteiger partial charge in [-0.2, -0.15) is 0 Å². The number of allylic oxidation sites excluding steroid dienone is 4. The lowest BCUT2D eigenvalue weighted by molar-refractivity contribution is -0.203. The molecule has 3 fully saturated rings. The van der Waals surface area contributed by atoms with Crippen molar-refractivity contribution in [3.05, 3.63) is 23.8 Å². The first kappa shape index (κ1) is 51.9. The third-order valence-corrected chi connectivity index (χ3v) is 11.9. The molecule has 3 saturated carbocycles. The minimum Gasteiger partial charge on any atom is -0.481 e. The summed E-state index contributed by atoms with van der Waals surface area (Å²) in [5, 5.41) is 42.7. The van der Waals surface area contributed by atoms with Crippen LogP contribution in [0, 0.1) is 28.6 Å². The van der Waals surface area contributed by atoms with Crippen LogP contribution in [-0.2, 0) is 47.8 Å². The van der Waals surface area contributed by atoms with Crippen molar-refractivity contribution < 1.29 is 73.4 Å². The number of fused-ring (bicyclic) bond motifs is 5. The summed E-state index contributed by atoms with van der Waals surface area (Å²) in [4.78, 5) is 86.9. The number of halogens is 1. The van der Waals surface area contributed by atoms with Crippen LogP contribution in [0.15, 0.2) is 23.8 Å². The number of carboxylic acids is 4. The van der Waals surface area contributed by atoms with Crippen molar-refractivity contribution in [1.82, 2.24) is 0 Å². The van der Waals surface area contributed by atoms with Gasteiger partial charge in [-0.1, -0.05) is 74.0 Å². The number of ether oxygens (including phenoxy) is 2. The van der Waals surface area contributed by atoms with Crippen LogP contribution in [0.5, 0.6) is 0 Å². The number of aliphatic hydroxyl groups is 1. The maximum atomic E-state index is 13.9. The molecule has 8 atom stereocenters. The van der Waals surface area contributed by atoms with E-state index < -0.39 is 75.6 Å². The van der Waals surface area contributed by atoms with E-state index in [2.05, 4.69) is 0 Å². The maximum Gasteiger partial charge on any atom is 0.306 e. The van der Waals surface area contributed by atoms with Gasteiger partial charge in [0.2, 0.25) is 5.78 Å². The van der Waals surface area contributed by atoms with Gasteiger partial charge in [-0.25, -0.2) is 0 Å². The molecule has 4 aliphatic carbocycles. The summed E-state index contributed by atoms with van der Waals surface area (Å²) in [6.45, 7) is 15.0. The molecule has 0 radical (unpaired) electrons. The van der Waals surface area contributed by atoms with E-state index in [1.165, 1.54) is 6.08 Å². The summed E-state index contributed by atoms with van der Waals surface area (Å²) in [7, 11) is 0. The van der Waals surface area contributed by atoms with Gasteiger partial charge in [-0.15, -0.1) is 11.6 Å². The lowest BCUT2D eigenvalue weighted by atomic mass is 9.45. The molecule has 4 aliphatic rings. The zero-order valence-corrected chi connectivity index (χ0v) is 34.8. The number of carbonyl (C=O) groups is 8. The van der Waals surface area contributed by atoms with E-state index in [9.17, 15) is 43.5 Å². The quantitative estimate of drug-likeness (QED) is 0.125. The fourth-order valence-corrected chi connectivity index (χ4v) is 8.53. The first-order valence-corrected chi connectivity index (χ1v) is 19.4. The van der Waals surface area contributed by atoms with Crippen LogP contribution >= 0.6 is 11.6 Å². The molecule has 4 rings (SSSR count). The molecule has 56 heavy (non-hydrogen) atoms. The number of carbonyl (C=O) groups excluding carboxylic acids is 4. The van der Waals surface area contributed by atoms with Crippen molar-refractivity contribution >= 4 is 59.0 Å². The number of alkyl halides is 1. The molecule has 0 saturated heterocycles. The monoisotopic (exact) mass is 816 g/mol. The van der Waals surface area contributed by atoms with Crippen molar-refractivity contribution in [2.24, 2.45) is 28.6 Å². The summed E-state index contributed by atoms with van der Waals surface area (Å²) in [6.07, 6.45) is 7.07. The summed E-state index contributed by atoms with van der Waals surface area (Å²) in [5.74, 6) is -5.22. The molecular weight excluding hydrogens is 756 g/mol. The van der Waals surface area contributed by atoms with Crippen molar-refractivity contribution in [3.63, 3.8) is 0 Å². The summed E-state index contributed by atoms with van der Waals surface area (Å²) in [6, 6.07) is 0. The number of ketones is 2. The average molecular weight is 817 g/mol. The molecular formula is C40H61ClO15. The highest BCUT2D eigenvalue weighted by Gasteiger charge is 2.76. The van der Waals surface area contributed by atoms with Gasteiger partial charge in [-0.3, -0.25) is 38.4 Å². The third kappa shape index (κ3) is 12.0. The second-order valence-electron chi connectivity index (χ2n) is 14.4. The van der Waals surface area contributed by atoms with Gasteiger partial charge in [0.1, 0.15) is 0 Å². The van der Waals surface area contributed by atoms with Crippen molar-refractivity contribution in [2.75, 3.05) is 6.61 Å². The minimum atomic E-state index is -1.55. The van der Waals surface area contributed by atoms with Crippen molar-refractivity contribution in [3.8, 4) is 0 Å². The van der Waals surface area contributed by atoms with Gasteiger partial charge in [0, 0.05) is 55.3 Å². The molecule has 0 spiro atoms. The Labute approximate surface area is 333 Å². The number of Topliss-reactive ketones (excluding diaryl/α,β-unsaturated/α-hetero) is 1. The van der Waals surface area contributed by atoms with Gasteiger partial charge in [0.05, 0.1) is 11.0 Å². The van der Waals surface area contributed by atoms with Crippen LogP contribution in [-0.4, -0.2) is 96.1 Å². The highest BCUT2D eigenvalue weighted by Crippen LogP contribution is 2.72. The van der Waals surface area contributed by atoms with Gasteiger partial charge >= 0.3 is 35.8 Å². The Morgan fingerprint density at radius 2 is 1.21 bits per heavy atom. The summed E-state index contributed by atoms with van der Waals surface area (Å²) in [5.41, 5.74) is -2.27. The molecule has 0 amide bonds. The summed E-state index contributed by atoms with van der Waals surface area (Å²) >= 11 is 7.48. The van der Waals surface area contributed by atoms with E-state index in [1.807, 2.05) is 26.8 Å². The molecule has 0 aliphatic heterocycles. The molecule has 0 heterocycles. The van der Waals surface area contributed by atoms with Crippen LogP contribution in [0.3, 0.4) is 0 Å². The van der Waals surface area contributed by atoms with Crippen molar-refractivity contribution in [2.45, 2.75) is 143 Å². The van der Waals surface area contributed by atoms with Crippen LogP contribution in [0.1, 0.15) is 127 Å². The van der Waals surface area contributed by atoms with E-state index in [1.54, 1.807) is 47.6 Å². The van der Waals surface area contributed by atoms with Gasteiger partial charge in [0.15, 0.2) is 18.0 Å². The molecule has 15 nitrogen and oxygen atoms in total. The van der Waals surface area contributed by atoms with E-state index in [4.69, 9.17) is 41.5 Å². The standard InChI is InChI=1S/C28H37ClO7.4C3H6O2/c1-6-23(33)35-15-22(32)28(36-24(34)7-2)16(3)12-20-19-9-8-17-13-18(30)10-11-25(17,4)27(19,29)21(31)14-26(20,28)5;4*1-2-3(4)5/h10-11,13,16,19-21,31H,6-9,12,14-15H2,1-5H3;4*2H2,1H3,(H,4,5)/t16-,19-,20-,21-,25-,26-,27?,28-;;;;/m0..../s1. The first-order valence-electron chi connectivity index (χ1n) is 19.0. The zero-order valence-electron chi connectivity index (χ0n) is 34.0. The van der Waals surface area contributed by atoms with Crippen LogP contribution in [0.4, 0.5) is 0 Å². The molecule has 318 valence electrons. The molecule has 0 bridgehead atoms. The predicted molar refractivity (Wildman–Crippen MR) is 205 cm³/mol. The second kappa shape index (κ2) is 22.6. The number of aliphatic carboxylic acids is 4. The molecule has 16 heteroatoms. The van der Waals surface area contributed by atoms with Gasteiger partial charge in [0.25, 0.3) is 0 Å². The van der Waals surface area contributed by atoms with Crippen LogP contribution in [0.2, 0.25) is 0 Å². The van der Waals surface area contributed by atoms with Gasteiger partial charge < -0.3 is 35.0 Å². The van der Waals surface area contributed by atoms with E-state index in [0.29, 0.717) is 19.3 Å². The Hall–Kier alpha value is -4.11. The Bertz CT molecular complexity index is 1450. The number of hydrogen-bond acceptors (Lipinski definition) is 11. The lowest BCUT2D eigenvalue weighted by Gasteiger charge is -2.64. The Morgan fingerprint density at radius 3 is 1.62 bits per heavy atom. The Balaban J connectivity index is 0.00000125. The molecule has 0 aromatic carbocycles. The van der Waals surface area contributed by atoms with E-state index >= 15 is 0 Å². The van der Waals surface area contributed by atoms with Crippen LogP contribution < -0.4 is 0 Å². The van der Waals surface area contributed by atoms with Crippen molar-refractivity contribution in [1.29, 1.82) is 0 Å². The number of rotatable bonds is 10. The van der Waals surface area contributed by atoms with E-state index in [0.717, 1.165) is 5.57 Å². The normalized spacial score (nSPS) is 30.3. The number of aliphatic hydroxyl groups excluding tert-OH is 1. The molecule has 5 N–H and O–H groups in total. The number of esters is 2. The smallest absolute Gasteiger partial charge is 0.306 e. The van der Waals surface area contributed by atoms with Gasteiger partial charge in [-0.05, 0) is 49.7 Å². The highest BCUT2D eigenvalue weighted by atomic mass is 35.5. The van der Waals surface area contributed by atoms with E-state index in [-0.39, 0.29) is 68.5 Å². The SMILES string of the molecule is CCC(=O)O.CCC(=O)O.CCC(=O)O.CCC(=O)O.CCC(=O)OCC(=O)[C@@]1(OC(=O)CC)[C@@H](C)C[C@H]2[C@@H]3CCC4=CC(=O)C=C[C@]4(C)C3(Cl)[C@@H](O)C[C@@]21C. The lowest BCUT2D eigenvalue weighted by Crippen LogP contribution is -2.69. The fraction of sp³-hybridized carbons (Fsp3) is 0.700. The molecule has 0 aromatic rings. The van der Waals surface area contributed by atoms with Crippen LogP contribution in [0.25, 0.3) is 0 Å².